The molecule has 0 saturated heterocycles. The molecule has 0 bridgehead atoms. The molecule has 0 N–H and O–H groups in total. The molecule has 0 atom stereocenters. The second-order valence-electron chi connectivity index (χ2n) is 27.2. The molecule has 9 aromatic carbocycles. The molecule has 86 heavy (non-hydrogen) atoms. The van der Waals surface area contributed by atoms with E-state index in [1.807, 2.05) is 94.3 Å². The van der Waals surface area contributed by atoms with Crippen LogP contribution in [-0.2, 0) is 48.1 Å². The Labute approximate surface area is 535 Å². The van der Waals surface area contributed by atoms with Gasteiger partial charge in [-0.2, -0.15) is 12.1 Å². The van der Waals surface area contributed by atoms with Crippen molar-refractivity contribution in [2.75, 3.05) is 4.90 Å². The van der Waals surface area contributed by atoms with Crippen LogP contribution in [0.2, 0.25) is 0 Å². The van der Waals surface area contributed by atoms with Gasteiger partial charge >= 0.3 is 0 Å². The normalized spacial score (nSPS) is 15.0. The molecular formula is C80H77N4OPt-3. The molecule has 12 aromatic rings. The first-order valence-corrected chi connectivity index (χ1v) is 29.4. The van der Waals surface area contributed by atoms with Crippen molar-refractivity contribution in [3.63, 3.8) is 0 Å². The third-order valence-corrected chi connectivity index (χ3v) is 17.0. The van der Waals surface area contributed by atoms with Gasteiger partial charge in [0.05, 0.1) is 0 Å². The van der Waals surface area contributed by atoms with Crippen LogP contribution in [0, 0.1) is 18.8 Å². The topological polar surface area (TPSA) is 35.2 Å². The Bertz CT molecular complexity index is 5050. The Hall–Kier alpha value is -8.11. The van der Waals surface area contributed by atoms with Crippen LogP contribution in [0.15, 0.2) is 188 Å². The molecule has 0 fully saturated rings. The van der Waals surface area contributed by atoms with E-state index in [9.17, 15) is 0 Å². The maximum absolute atomic E-state index is 8.93. The second-order valence-corrected chi connectivity index (χ2v) is 27.2. The molecule has 0 amide bonds. The van der Waals surface area contributed by atoms with Crippen molar-refractivity contribution in [1.29, 1.82) is 0 Å². The summed E-state index contributed by atoms with van der Waals surface area (Å²) >= 11 is 0. The van der Waals surface area contributed by atoms with E-state index in [0.717, 1.165) is 87.8 Å². The first kappa shape index (κ1) is 48.1. The average molecular weight is 1310 g/mol. The number of hydrogen-bond acceptors (Lipinski definition) is 3. The minimum Gasteiger partial charge on any atom is -0.509 e. The number of pyridine rings is 1. The zero-order valence-corrected chi connectivity index (χ0v) is 53.3. The smallest absolute Gasteiger partial charge is 0.135 e. The van der Waals surface area contributed by atoms with Crippen LogP contribution >= 0.6 is 0 Å². The molecule has 6 heteroatoms. The van der Waals surface area contributed by atoms with E-state index in [-0.39, 0.29) is 42.9 Å². The zero-order chi connectivity index (χ0) is 67.2. The summed E-state index contributed by atoms with van der Waals surface area (Å²) in [7, 11) is 0. The van der Waals surface area contributed by atoms with E-state index in [1.54, 1.807) is 0 Å². The van der Waals surface area contributed by atoms with E-state index in [1.165, 1.54) is 23.3 Å². The van der Waals surface area contributed by atoms with Crippen LogP contribution in [0.1, 0.15) is 144 Å². The number of para-hydroxylation sites is 3. The molecule has 1 aliphatic heterocycles. The van der Waals surface area contributed by atoms with Crippen LogP contribution < -0.4 is 9.64 Å². The minimum absolute atomic E-state index is 0. The van der Waals surface area contributed by atoms with Crippen LogP contribution in [0.5, 0.6) is 11.5 Å². The van der Waals surface area contributed by atoms with Crippen molar-refractivity contribution in [3.05, 3.63) is 235 Å². The number of anilines is 2. The van der Waals surface area contributed by atoms with Crippen molar-refractivity contribution >= 4 is 76.5 Å². The fourth-order valence-electron chi connectivity index (χ4n) is 12.2. The first-order chi connectivity index (χ1) is 44.0. The number of rotatable bonds is 6. The molecule has 5 nitrogen and oxygen atoms in total. The Morgan fingerprint density at radius 2 is 0.977 bits per heavy atom. The maximum Gasteiger partial charge on any atom is 0.135 e. The Balaban J connectivity index is 0.00000864. The Morgan fingerprint density at radius 1 is 0.430 bits per heavy atom. The van der Waals surface area contributed by atoms with Crippen LogP contribution in [0.3, 0.4) is 0 Å². The van der Waals surface area contributed by atoms with Crippen molar-refractivity contribution < 1.29 is 38.1 Å². The van der Waals surface area contributed by atoms with E-state index >= 15 is 0 Å². The summed E-state index contributed by atoms with van der Waals surface area (Å²) in [4.78, 5) is 6.99. The quantitative estimate of drug-likeness (QED) is 0.156. The van der Waals surface area contributed by atoms with Gasteiger partial charge in [0.25, 0.3) is 0 Å². The molecule has 3 aromatic heterocycles. The second kappa shape index (κ2) is 21.1. The van der Waals surface area contributed by atoms with Crippen LogP contribution in [0.4, 0.5) is 11.4 Å². The molecule has 0 unspecified atom stereocenters. The Kier molecular flexibility index (Phi) is 11.8. The summed E-state index contributed by atoms with van der Waals surface area (Å²) in [6, 6.07) is 69.0. The van der Waals surface area contributed by atoms with Gasteiger partial charge in [-0.05, 0) is 163 Å². The summed E-state index contributed by atoms with van der Waals surface area (Å²) in [5.41, 5.74) is 7.58. The molecule has 0 spiro atoms. The van der Waals surface area contributed by atoms with Crippen molar-refractivity contribution in [2.45, 2.75) is 131 Å². The summed E-state index contributed by atoms with van der Waals surface area (Å²) in [5, 5.41) is 7.65. The van der Waals surface area contributed by atoms with Gasteiger partial charge < -0.3 is 18.8 Å². The number of fused-ring (bicyclic) bond motifs is 10. The van der Waals surface area contributed by atoms with Gasteiger partial charge in [-0.15, -0.1) is 35.7 Å². The molecule has 436 valence electrons. The summed E-state index contributed by atoms with van der Waals surface area (Å²) in [6.45, 7) is 17.5. The van der Waals surface area contributed by atoms with E-state index in [2.05, 4.69) is 198 Å². The minimum atomic E-state index is -3.50. The fraction of sp³-hybridized carbons (Fsp3) is 0.250. The van der Waals surface area contributed by atoms with Gasteiger partial charge in [0.1, 0.15) is 5.82 Å². The van der Waals surface area contributed by atoms with Gasteiger partial charge in [-0.3, -0.25) is 0 Å². The number of benzene rings is 9. The number of nitrogens with zero attached hydrogens (tertiary/aromatic N) is 4. The van der Waals surface area contributed by atoms with E-state index in [4.69, 9.17) is 22.1 Å². The number of ether oxygens (including phenoxy) is 1. The molecule has 13 rings (SSSR count). The van der Waals surface area contributed by atoms with E-state index in [0.29, 0.717) is 39.4 Å². The summed E-state index contributed by atoms with van der Waals surface area (Å²) in [5.74, 6) is 1.71. The predicted molar refractivity (Wildman–Crippen MR) is 361 cm³/mol. The van der Waals surface area contributed by atoms with Crippen LogP contribution in [-0.4, -0.2) is 14.1 Å². The molecular weight excluding hydrogens is 1230 g/mol. The van der Waals surface area contributed by atoms with Gasteiger partial charge in [-0.25, -0.2) is 4.98 Å². The summed E-state index contributed by atoms with van der Waals surface area (Å²) < 4.78 is 91.6. The molecule has 0 aliphatic carbocycles. The first-order valence-electron chi connectivity index (χ1n) is 33.9. The van der Waals surface area contributed by atoms with Crippen molar-refractivity contribution in [2.24, 2.45) is 0 Å². The number of aromatic nitrogens is 3. The van der Waals surface area contributed by atoms with Crippen molar-refractivity contribution in [1.82, 2.24) is 14.1 Å². The molecule has 0 saturated carbocycles. The monoisotopic (exact) mass is 1310 g/mol. The van der Waals surface area contributed by atoms with Crippen LogP contribution in [0.25, 0.3) is 93.2 Å². The fourth-order valence-corrected chi connectivity index (χ4v) is 12.2. The largest absolute Gasteiger partial charge is 0.509 e. The molecule has 4 heterocycles. The average Bonchev–Trinajstić information content (AvgIpc) is 1.24. The SMILES string of the molecule is [2H]C([2H])([2H])C(c1cc(-c2cccc3c4ccccc4c4cc(-c5cc(C(C)(C)C)cc(C(C)(C)C)c5)ccc4c4cccc5c4n(c23)[CH-]N5c2[c-]c(Oc3[c-]c4c(cc3)c3ccccc3n4-c3cc(C(C)(C)C)ccn3)ccc2)cc(C(C)(C)C)c1)(C([2H])([2H])[2H])C([2H])([2H])[2H].[Pt]. The number of hydrogen-bond donors (Lipinski definition) is 0. The van der Waals surface area contributed by atoms with E-state index < -0.39 is 31.4 Å². The standard InChI is InChI=1S/C80H77N4O.Pt/c1-76(2,3)53-37-38-81-73(46-53)84-70-31-19-18-27-65(70)66-36-34-60(48-72(66)84)85-59-24-20-23-58(47-59)82-49-83-74-61(52-41-56(79(10,11)12)45-57(42-52)80(13,14)15)28-21-29-67(74)62-25-16-17-26-63(62)69-43-50(33-35-64(69)68-30-22-32-71(82)75(68)83)51-39-54(77(4,5)6)44-55(40-51)78(7,8)9;/h16-46,49H,1-15H3;/q-3;/i10D3,11D3,12D3;. The van der Waals surface area contributed by atoms with Gasteiger partial charge in [0, 0.05) is 62.3 Å². The maximum atomic E-state index is 8.93. The van der Waals surface area contributed by atoms with Gasteiger partial charge in [0.2, 0.25) is 0 Å². The predicted octanol–water partition coefficient (Wildman–Crippen LogP) is 22.0. The summed E-state index contributed by atoms with van der Waals surface area (Å²) in [6.07, 6.45) is 1.86. The molecule has 1 aliphatic rings. The third kappa shape index (κ3) is 10.4. The van der Waals surface area contributed by atoms with Gasteiger partial charge in [0.15, 0.2) is 0 Å². The Morgan fingerprint density at radius 3 is 1.64 bits per heavy atom. The molecule has 0 radical (unpaired) electrons. The zero-order valence-electron chi connectivity index (χ0n) is 60.0. The third-order valence-electron chi connectivity index (χ3n) is 17.0. The van der Waals surface area contributed by atoms with Gasteiger partial charge in [-0.1, -0.05) is 236 Å². The van der Waals surface area contributed by atoms with Crippen molar-refractivity contribution in [3.8, 4) is 39.6 Å².